The van der Waals surface area contributed by atoms with Gasteiger partial charge in [-0.3, -0.25) is 4.79 Å². The van der Waals surface area contributed by atoms with Gasteiger partial charge in [-0.15, -0.1) is 10.2 Å². The van der Waals surface area contributed by atoms with E-state index in [2.05, 4.69) is 43.8 Å². The van der Waals surface area contributed by atoms with E-state index in [1.54, 1.807) is 18.5 Å². The van der Waals surface area contributed by atoms with Gasteiger partial charge in [0, 0.05) is 24.9 Å². The second-order valence-corrected chi connectivity index (χ2v) is 8.39. The number of thioether (sulfide) groups is 2. The van der Waals surface area contributed by atoms with Gasteiger partial charge in [0.15, 0.2) is 16.1 Å². The second kappa shape index (κ2) is 8.87. The average molecular weight is 412 g/mol. The lowest BCUT2D eigenvalue weighted by Gasteiger charge is -2.11. The molecule has 1 aliphatic rings. The lowest BCUT2D eigenvalue weighted by atomic mass is 9.98. The number of ketones is 1. The predicted octanol–water partition coefficient (Wildman–Crippen LogP) is 3.77. The molecule has 0 saturated carbocycles. The van der Waals surface area contributed by atoms with Crippen molar-refractivity contribution < 1.29 is 4.79 Å². The van der Waals surface area contributed by atoms with Gasteiger partial charge < -0.3 is 4.57 Å². The van der Waals surface area contributed by atoms with Gasteiger partial charge in [-0.1, -0.05) is 47.8 Å². The summed E-state index contributed by atoms with van der Waals surface area (Å²) in [7, 11) is 0. The van der Waals surface area contributed by atoms with Gasteiger partial charge in [-0.2, -0.15) is 0 Å². The van der Waals surface area contributed by atoms with Crippen molar-refractivity contribution in [1.82, 2.24) is 24.7 Å². The van der Waals surface area contributed by atoms with Crippen molar-refractivity contribution in [2.75, 3.05) is 5.75 Å². The second-order valence-electron chi connectivity index (χ2n) is 6.51. The maximum atomic E-state index is 12.8. The van der Waals surface area contributed by atoms with E-state index in [0.29, 0.717) is 11.5 Å². The summed E-state index contributed by atoms with van der Waals surface area (Å²) >= 11 is 3.01. The van der Waals surface area contributed by atoms with Crippen molar-refractivity contribution >= 4 is 29.3 Å². The van der Waals surface area contributed by atoms with E-state index < -0.39 is 0 Å². The zero-order valence-corrected chi connectivity index (χ0v) is 17.2. The van der Waals surface area contributed by atoms with E-state index in [9.17, 15) is 4.79 Å². The number of hydrogen-bond donors (Lipinski definition) is 0. The first-order chi connectivity index (χ1) is 13.8. The Morgan fingerprint density at radius 1 is 1.14 bits per heavy atom. The zero-order valence-electron chi connectivity index (χ0n) is 15.6. The first-order valence-electron chi connectivity index (χ1n) is 9.31. The average Bonchev–Trinajstić information content (AvgIpc) is 3.35. The maximum Gasteiger partial charge on any atom is 0.191 e. The molecule has 8 heteroatoms. The normalized spacial score (nSPS) is 15.5. The van der Waals surface area contributed by atoms with Crippen LogP contribution >= 0.6 is 23.5 Å². The molecule has 2 heterocycles. The summed E-state index contributed by atoms with van der Waals surface area (Å²) in [6.45, 7) is 2.83. The van der Waals surface area contributed by atoms with Crippen LogP contribution in [0.2, 0.25) is 0 Å². The van der Waals surface area contributed by atoms with Crippen molar-refractivity contribution in [2.24, 2.45) is 0 Å². The molecule has 144 valence electrons. The Labute approximate surface area is 172 Å². The van der Waals surface area contributed by atoms with Gasteiger partial charge in [-0.25, -0.2) is 9.97 Å². The van der Waals surface area contributed by atoms with Gasteiger partial charge in [0.25, 0.3) is 0 Å². The summed E-state index contributed by atoms with van der Waals surface area (Å²) in [6.07, 6.45) is 5.37. The SMILES string of the molecule is CCn1c(CSc2ncccn2)nnc1SCC(=O)C1CCc2ccccc21. The monoisotopic (exact) mass is 411 g/mol. The molecular formula is C20H21N5OS2. The standard InChI is InChI=1S/C20H21N5OS2/c1-2-25-18(13-27-19-21-10-5-11-22-19)23-24-20(25)28-12-17(26)16-9-8-14-6-3-4-7-15(14)16/h3-7,10-11,16H,2,8-9,12-13H2,1H3. The van der Waals surface area contributed by atoms with E-state index in [4.69, 9.17) is 0 Å². The molecule has 1 unspecified atom stereocenters. The zero-order chi connectivity index (χ0) is 19.3. The van der Waals surface area contributed by atoms with Crippen LogP contribution in [0.1, 0.15) is 36.2 Å². The highest BCUT2D eigenvalue weighted by Gasteiger charge is 2.28. The third-order valence-corrected chi connectivity index (χ3v) is 6.71. The number of Topliss-reactive ketones (excluding diaryl/α,β-unsaturated/α-hetero) is 1. The van der Waals surface area contributed by atoms with Crippen molar-refractivity contribution in [3.05, 3.63) is 59.7 Å². The van der Waals surface area contributed by atoms with Crippen LogP contribution in [0.25, 0.3) is 0 Å². The maximum absolute atomic E-state index is 12.8. The van der Waals surface area contributed by atoms with E-state index in [1.807, 2.05) is 12.1 Å². The fourth-order valence-electron chi connectivity index (χ4n) is 3.47. The molecule has 0 amide bonds. The summed E-state index contributed by atoms with van der Waals surface area (Å²) in [5.41, 5.74) is 2.51. The Bertz CT molecular complexity index is 960. The lowest BCUT2D eigenvalue weighted by molar-refractivity contribution is -0.117. The molecule has 0 saturated heterocycles. The summed E-state index contributed by atoms with van der Waals surface area (Å²) in [5, 5.41) is 10.1. The largest absolute Gasteiger partial charge is 0.306 e. The van der Waals surface area contributed by atoms with Crippen LogP contribution in [-0.2, 0) is 23.5 Å². The number of rotatable bonds is 8. The van der Waals surface area contributed by atoms with Crippen molar-refractivity contribution in [1.29, 1.82) is 0 Å². The van der Waals surface area contributed by atoms with Crippen LogP contribution in [0.5, 0.6) is 0 Å². The minimum atomic E-state index is 0.0203. The number of fused-ring (bicyclic) bond motifs is 1. The molecule has 1 atom stereocenters. The van der Waals surface area contributed by atoms with E-state index in [1.165, 1.54) is 34.7 Å². The molecule has 0 N–H and O–H groups in total. The molecule has 0 spiro atoms. The van der Waals surface area contributed by atoms with Crippen LogP contribution in [0.15, 0.2) is 53.0 Å². The number of aryl methyl sites for hydroxylation is 1. The number of carbonyl (C=O) groups is 1. The topological polar surface area (TPSA) is 73.6 Å². The minimum absolute atomic E-state index is 0.0203. The third-order valence-electron chi connectivity index (χ3n) is 4.85. The molecule has 2 aromatic heterocycles. The Balaban J connectivity index is 1.39. The summed E-state index contributed by atoms with van der Waals surface area (Å²) in [6, 6.07) is 10.1. The third kappa shape index (κ3) is 4.12. The Morgan fingerprint density at radius 2 is 1.96 bits per heavy atom. The highest BCUT2D eigenvalue weighted by molar-refractivity contribution is 7.99. The Kier molecular flexibility index (Phi) is 6.07. The summed E-state index contributed by atoms with van der Waals surface area (Å²) < 4.78 is 2.07. The molecule has 0 aliphatic heterocycles. The first kappa shape index (κ1) is 19.1. The fraction of sp³-hybridized carbons (Fsp3) is 0.350. The lowest BCUT2D eigenvalue weighted by Crippen LogP contribution is -2.13. The molecule has 4 rings (SSSR count). The van der Waals surface area contributed by atoms with Gasteiger partial charge in [0.05, 0.1) is 11.5 Å². The molecule has 0 radical (unpaired) electrons. The molecule has 28 heavy (non-hydrogen) atoms. The van der Waals surface area contributed by atoms with Gasteiger partial charge in [0.1, 0.15) is 5.82 Å². The molecule has 3 aromatic rings. The predicted molar refractivity (Wildman–Crippen MR) is 111 cm³/mol. The number of aromatic nitrogens is 5. The molecular weight excluding hydrogens is 390 g/mol. The highest BCUT2D eigenvalue weighted by atomic mass is 32.2. The molecule has 0 bridgehead atoms. The fourth-order valence-corrected chi connectivity index (χ4v) is 5.17. The van der Waals surface area contributed by atoms with Gasteiger partial charge in [-0.05, 0) is 37.0 Å². The summed E-state index contributed by atoms with van der Waals surface area (Å²) in [5.74, 6) is 2.24. The number of nitrogens with zero attached hydrogens (tertiary/aromatic N) is 5. The van der Waals surface area contributed by atoms with E-state index >= 15 is 0 Å². The van der Waals surface area contributed by atoms with Crippen LogP contribution in [0.4, 0.5) is 0 Å². The van der Waals surface area contributed by atoms with Crippen LogP contribution in [0.3, 0.4) is 0 Å². The number of carbonyl (C=O) groups excluding carboxylic acids is 1. The van der Waals surface area contributed by atoms with Crippen molar-refractivity contribution in [3.8, 4) is 0 Å². The minimum Gasteiger partial charge on any atom is -0.306 e. The molecule has 6 nitrogen and oxygen atoms in total. The highest BCUT2D eigenvalue weighted by Crippen LogP contribution is 2.34. The van der Waals surface area contributed by atoms with Gasteiger partial charge in [0.2, 0.25) is 0 Å². The first-order valence-corrected chi connectivity index (χ1v) is 11.3. The van der Waals surface area contributed by atoms with Crippen molar-refractivity contribution in [3.63, 3.8) is 0 Å². The Hall–Kier alpha value is -2.19. The molecule has 1 aliphatic carbocycles. The smallest absolute Gasteiger partial charge is 0.191 e. The van der Waals surface area contributed by atoms with Gasteiger partial charge >= 0.3 is 0 Å². The molecule has 1 aromatic carbocycles. The number of benzene rings is 1. The van der Waals surface area contributed by atoms with Crippen LogP contribution < -0.4 is 0 Å². The van der Waals surface area contributed by atoms with E-state index in [-0.39, 0.29) is 11.7 Å². The quantitative estimate of drug-likeness (QED) is 0.413. The van der Waals surface area contributed by atoms with E-state index in [0.717, 1.165) is 35.5 Å². The molecule has 0 fully saturated rings. The Morgan fingerprint density at radius 3 is 2.79 bits per heavy atom. The van der Waals surface area contributed by atoms with Crippen LogP contribution in [0, 0.1) is 0 Å². The number of hydrogen-bond acceptors (Lipinski definition) is 7. The van der Waals surface area contributed by atoms with Crippen LogP contribution in [-0.4, -0.2) is 36.3 Å². The van der Waals surface area contributed by atoms with Crippen molar-refractivity contribution in [2.45, 2.75) is 48.3 Å². The summed E-state index contributed by atoms with van der Waals surface area (Å²) in [4.78, 5) is 21.2.